The molecular weight excluding hydrogens is 390 g/mol. The lowest BCUT2D eigenvalue weighted by atomic mass is 10.2. The van der Waals surface area contributed by atoms with Crippen LogP contribution >= 0.6 is 0 Å². The van der Waals surface area contributed by atoms with Crippen LogP contribution in [0.15, 0.2) is 60.7 Å². The van der Waals surface area contributed by atoms with Crippen LogP contribution in [0.2, 0.25) is 0 Å². The maximum atomic E-state index is 12.1. The molecule has 3 aromatic rings. The molecule has 0 saturated carbocycles. The minimum atomic E-state index is -0.192. The van der Waals surface area contributed by atoms with Gasteiger partial charge < -0.3 is 20.3 Å². The van der Waals surface area contributed by atoms with Crippen molar-refractivity contribution in [2.24, 2.45) is 0 Å². The Morgan fingerprint density at radius 3 is 2.32 bits per heavy atom. The highest BCUT2D eigenvalue weighted by Gasteiger charge is 2.08. The average molecular weight is 420 g/mol. The normalized spacial score (nSPS) is 10.5. The van der Waals surface area contributed by atoms with Gasteiger partial charge in [0.05, 0.1) is 6.61 Å². The van der Waals surface area contributed by atoms with Gasteiger partial charge in [-0.2, -0.15) is 4.98 Å². The van der Waals surface area contributed by atoms with Crippen LogP contribution in [-0.4, -0.2) is 35.6 Å². The Kier molecular flexibility index (Phi) is 7.95. The van der Waals surface area contributed by atoms with E-state index in [1.165, 1.54) is 0 Å². The first-order chi connectivity index (χ1) is 15.1. The highest BCUT2D eigenvalue weighted by atomic mass is 16.5. The second kappa shape index (κ2) is 11.1. The Labute approximate surface area is 183 Å². The number of hydrogen-bond donors (Lipinski definition) is 2. The van der Waals surface area contributed by atoms with Gasteiger partial charge in [-0.05, 0) is 50.6 Å². The standard InChI is InChI=1S/C24H29N5O2/c1-4-29(5-2)22-15-18(3)25-24(28-22)27-21-13-11-20(12-14-21)26-23(30)17-31-16-19-9-7-6-8-10-19/h6-15H,4-5,16-17H2,1-3H3,(H,26,30)(H,25,27,28). The summed E-state index contributed by atoms with van der Waals surface area (Å²) >= 11 is 0. The third kappa shape index (κ3) is 6.79. The highest BCUT2D eigenvalue weighted by Crippen LogP contribution is 2.20. The Bertz CT molecular complexity index is 973. The van der Waals surface area contributed by atoms with Gasteiger partial charge in [0.1, 0.15) is 12.4 Å². The number of aromatic nitrogens is 2. The maximum Gasteiger partial charge on any atom is 0.250 e. The Hall–Kier alpha value is -3.45. The van der Waals surface area contributed by atoms with Crippen LogP contribution in [0.4, 0.5) is 23.1 Å². The van der Waals surface area contributed by atoms with Gasteiger partial charge in [0.25, 0.3) is 0 Å². The zero-order valence-electron chi connectivity index (χ0n) is 18.3. The van der Waals surface area contributed by atoms with E-state index in [2.05, 4.69) is 39.3 Å². The number of anilines is 4. The van der Waals surface area contributed by atoms with Gasteiger partial charge in [0, 0.05) is 36.2 Å². The number of carbonyl (C=O) groups excluding carboxylic acids is 1. The molecule has 0 atom stereocenters. The zero-order valence-corrected chi connectivity index (χ0v) is 18.3. The fourth-order valence-electron chi connectivity index (χ4n) is 3.12. The molecule has 1 amide bonds. The molecule has 0 bridgehead atoms. The Morgan fingerprint density at radius 1 is 0.968 bits per heavy atom. The number of aryl methyl sites for hydroxylation is 1. The van der Waals surface area contributed by atoms with Crippen LogP contribution < -0.4 is 15.5 Å². The van der Waals surface area contributed by atoms with E-state index in [1.54, 1.807) is 0 Å². The topological polar surface area (TPSA) is 79.4 Å². The molecule has 7 nitrogen and oxygen atoms in total. The van der Waals surface area contributed by atoms with Crippen molar-refractivity contribution in [3.63, 3.8) is 0 Å². The smallest absolute Gasteiger partial charge is 0.250 e. The second-order valence-electron chi connectivity index (χ2n) is 7.09. The molecule has 1 aromatic heterocycles. The van der Waals surface area contributed by atoms with Crippen LogP contribution in [0.25, 0.3) is 0 Å². The van der Waals surface area contributed by atoms with E-state index in [0.29, 0.717) is 18.2 Å². The number of nitrogens with one attached hydrogen (secondary N) is 2. The molecule has 0 radical (unpaired) electrons. The van der Waals surface area contributed by atoms with Gasteiger partial charge in [0.15, 0.2) is 0 Å². The summed E-state index contributed by atoms with van der Waals surface area (Å²) in [6.07, 6.45) is 0. The number of amides is 1. The molecule has 3 rings (SSSR count). The second-order valence-corrected chi connectivity index (χ2v) is 7.09. The average Bonchev–Trinajstić information content (AvgIpc) is 2.76. The number of carbonyl (C=O) groups is 1. The van der Waals surface area contributed by atoms with Crippen LogP contribution in [0.1, 0.15) is 25.1 Å². The first-order valence-electron chi connectivity index (χ1n) is 10.5. The van der Waals surface area contributed by atoms with Gasteiger partial charge in [0.2, 0.25) is 11.9 Å². The third-order valence-corrected chi connectivity index (χ3v) is 4.70. The molecule has 0 aliphatic heterocycles. The Balaban J connectivity index is 1.53. The maximum absolute atomic E-state index is 12.1. The van der Waals surface area contributed by atoms with Crippen LogP contribution in [-0.2, 0) is 16.1 Å². The molecule has 0 aliphatic rings. The van der Waals surface area contributed by atoms with Gasteiger partial charge in [-0.25, -0.2) is 4.98 Å². The molecule has 2 aromatic carbocycles. The van der Waals surface area contributed by atoms with E-state index >= 15 is 0 Å². The van der Waals surface area contributed by atoms with Crippen molar-refractivity contribution < 1.29 is 9.53 Å². The van der Waals surface area contributed by atoms with Crippen LogP contribution in [0.3, 0.4) is 0 Å². The quantitative estimate of drug-likeness (QED) is 0.503. The lowest BCUT2D eigenvalue weighted by Gasteiger charge is -2.20. The van der Waals surface area contributed by atoms with E-state index in [1.807, 2.05) is 67.6 Å². The molecule has 0 fully saturated rings. The summed E-state index contributed by atoms with van der Waals surface area (Å²) in [5, 5.41) is 6.07. The Morgan fingerprint density at radius 2 is 1.65 bits per heavy atom. The number of hydrogen-bond acceptors (Lipinski definition) is 6. The monoisotopic (exact) mass is 419 g/mol. The number of rotatable bonds is 10. The van der Waals surface area contributed by atoms with E-state index in [9.17, 15) is 4.79 Å². The molecule has 0 aliphatic carbocycles. The minimum Gasteiger partial charge on any atom is -0.367 e. The summed E-state index contributed by atoms with van der Waals surface area (Å²) in [6, 6.07) is 19.2. The first-order valence-corrected chi connectivity index (χ1v) is 10.5. The molecule has 0 unspecified atom stereocenters. The lowest BCUT2D eigenvalue weighted by Crippen LogP contribution is -2.23. The van der Waals surface area contributed by atoms with E-state index in [0.717, 1.165) is 35.9 Å². The van der Waals surface area contributed by atoms with Crippen molar-refractivity contribution >= 4 is 29.0 Å². The van der Waals surface area contributed by atoms with Crippen LogP contribution in [0.5, 0.6) is 0 Å². The van der Waals surface area contributed by atoms with Crippen molar-refractivity contribution in [1.82, 2.24) is 9.97 Å². The zero-order chi connectivity index (χ0) is 22.1. The molecule has 0 saturated heterocycles. The molecule has 0 spiro atoms. The van der Waals surface area contributed by atoms with E-state index in [-0.39, 0.29) is 12.5 Å². The number of nitrogens with zero attached hydrogens (tertiary/aromatic N) is 3. The third-order valence-electron chi connectivity index (χ3n) is 4.70. The van der Waals surface area contributed by atoms with Gasteiger partial charge in [-0.3, -0.25) is 4.79 Å². The lowest BCUT2D eigenvalue weighted by molar-refractivity contribution is -0.121. The summed E-state index contributed by atoms with van der Waals surface area (Å²) in [6.45, 7) is 8.34. The minimum absolute atomic E-state index is 0.000161. The fourth-order valence-corrected chi connectivity index (χ4v) is 3.12. The fraction of sp³-hybridized carbons (Fsp3) is 0.292. The summed E-state index contributed by atoms with van der Waals surface area (Å²) in [5.74, 6) is 1.26. The first kappa shape index (κ1) is 22.2. The highest BCUT2D eigenvalue weighted by molar-refractivity contribution is 5.91. The summed E-state index contributed by atoms with van der Waals surface area (Å²) in [4.78, 5) is 23.4. The van der Waals surface area contributed by atoms with Crippen molar-refractivity contribution in [3.8, 4) is 0 Å². The molecule has 2 N–H and O–H groups in total. The van der Waals surface area contributed by atoms with Gasteiger partial charge >= 0.3 is 0 Å². The predicted molar refractivity (Wildman–Crippen MR) is 125 cm³/mol. The molecule has 7 heteroatoms. The SMILES string of the molecule is CCN(CC)c1cc(C)nc(Nc2ccc(NC(=O)COCc3ccccc3)cc2)n1. The molecule has 31 heavy (non-hydrogen) atoms. The molecule has 162 valence electrons. The number of ether oxygens (including phenoxy) is 1. The molecular formula is C24H29N5O2. The predicted octanol–water partition coefficient (Wildman–Crippen LogP) is 4.53. The van der Waals surface area contributed by atoms with E-state index < -0.39 is 0 Å². The van der Waals surface area contributed by atoms with E-state index in [4.69, 9.17) is 4.74 Å². The summed E-state index contributed by atoms with van der Waals surface area (Å²) in [7, 11) is 0. The van der Waals surface area contributed by atoms with Crippen LogP contribution in [0, 0.1) is 6.92 Å². The largest absolute Gasteiger partial charge is 0.367 e. The summed E-state index contributed by atoms with van der Waals surface area (Å²) in [5.41, 5.74) is 3.48. The summed E-state index contributed by atoms with van der Waals surface area (Å²) < 4.78 is 5.47. The van der Waals surface area contributed by atoms with Crippen molar-refractivity contribution in [1.29, 1.82) is 0 Å². The van der Waals surface area contributed by atoms with Gasteiger partial charge in [-0.1, -0.05) is 30.3 Å². The van der Waals surface area contributed by atoms with Crippen molar-refractivity contribution in [2.75, 3.05) is 35.2 Å². The van der Waals surface area contributed by atoms with Crippen molar-refractivity contribution in [3.05, 3.63) is 71.9 Å². The number of benzene rings is 2. The van der Waals surface area contributed by atoms with Crippen molar-refractivity contribution in [2.45, 2.75) is 27.4 Å². The van der Waals surface area contributed by atoms with Gasteiger partial charge in [-0.15, -0.1) is 0 Å². The molecule has 1 heterocycles.